The van der Waals surface area contributed by atoms with Crippen LogP contribution < -0.4 is 9.47 Å². The summed E-state index contributed by atoms with van der Waals surface area (Å²) in [6.07, 6.45) is -0.102. The van der Waals surface area contributed by atoms with E-state index in [1.54, 1.807) is 0 Å². The Morgan fingerprint density at radius 3 is 1.45 bits per heavy atom. The summed E-state index contributed by atoms with van der Waals surface area (Å²) >= 11 is 0. The molecule has 0 aliphatic carbocycles. The molecule has 4 unspecified atom stereocenters. The van der Waals surface area contributed by atoms with Crippen LogP contribution >= 0.6 is 0 Å². The first-order valence-electron chi connectivity index (χ1n) is 18.2. The van der Waals surface area contributed by atoms with Crippen molar-refractivity contribution in [2.45, 2.75) is 103 Å². The van der Waals surface area contributed by atoms with Gasteiger partial charge in [0.1, 0.15) is 37.4 Å². The minimum Gasteiger partial charge on any atom is -0.491 e. The van der Waals surface area contributed by atoms with Gasteiger partial charge in [-0.1, -0.05) is 107 Å². The van der Waals surface area contributed by atoms with E-state index in [9.17, 15) is 5.11 Å². The third-order valence-electron chi connectivity index (χ3n) is 10.7. The van der Waals surface area contributed by atoms with Gasteiger partial charge in [-0.2, -0.15) is 0 Å². The Morgan fingerprint density at radius 2 is 1.00 bits per heavy atom. The number of ether oxygens (including phenoxy) is 6. The molecule has 0 aromatic heterocycles. The lowest BCUT2D eigenvalue weighted by Crippen LogP contribution is -2.30. The Morgan fingerprint density at radius 1 is 0.588 bits per heavy atom. The highest BCUT2D eigenvalue weighted by Gasteiger charge is 2.36. The molecule has 4 aromatic carbocycles. The van der Waals surface area contributed by atoms with Crippen LogP contribution in [0, 0.1) is 0 Å². The molecule has 6 rings (SSSR count). The highest BCUT2D eigenvalue weighted by Crippen LogP contribution is 2.38. The molecule has 7 nitrogen and oxygen atoms in total. The van der Waals surface area contributed by atoms with Crippen LogP contribution in [-0.4, -0.2) is 50.2 Å². The van der Waals surface area contributed by atoms with E-state index in [0.717, 1.165) is 23.3 Å². The quantitative estimate of drug-likeness (QED) is 0.111. The largest absolute Gasteiger partial charge is 0.491 e. The average Bonchev–Trinajstić information content (AvgIpc) is 4.09. The lowest BCUT2D eigenvalue weighted by Gasteiger charge is -2.31. The molecule has 2 saturated heterocycles. The van der Waals surface area contributed by atoms with Crippen molar-refractivity contribution in [1.29, 1.82) is 0 Å². The molecule has 2 fully saturated rings. The van der Waals surface area contributed by atoms with Crippen molar-refractivity contribution >= 4 is 0 Å². The number of epoxide rings is 2. The van der Waals surface area contributed by atoms with Gasteiger partial charge in [-0.15, -0.1) is 0 Å². The molecule has 272 valence electrons. The molecule has 2 aliphatic heterocycles. The molecule has 7 heteroatoms. The summed E-state index contributed by atoms with van der Waals surface area (Å²) in [6, 6.07) is 33.6. The van der Waals surface area contributed by atoms with Crippen molar-refractivity contribution < 1.29 is 33.5 Å². The van der Waals surface area contributed by atoms with Gasteiger partial charge in [0.25, 0.3) is 0 Å². The van der Waals surface area contributed by atoms with Gasteiger partial charge in [0.15, 0.2) is 6.29 Å². The van der Waals surface area contributed by atoms with Gasteiger partial charge in [-0.25, -0.2) is 0 Å². The van der Waals surface area contributed by atoms with E-state index in [4.69, 9.17) is 28.4 Å². The molecule has 2 aliphatic rings. The fourth-order valence-electron chi connectivity index (χ4n) is 6.42. The molecule has 4 aromatic rings. The fourth-order valence-corrected chi connectivity index (χ4v) is 6.42. The first-order chi connectivity index (χ1) is 24.2. The van der Waals surface area contributed by atoms with E-state index >= 15 is 0 Å². The van der Waals surface area contributed by atoms with Crippen molar-refractivity contribution in [3.8, 4) is 11.5 Å². The first kappa shape index (κ1) is 37.1. The van der Waals surface area contributed by atoms with E-state index in [1.165, 1.54) is 22.3 Å². The van der Waals surface area contributed by atoms with Gasteiger partial charge in [0.05, 0.1) is 17.8 Å². The summed E-state index contributed by atoms with van der Waals surface area (Å²) in [5, 5.41) is 10.8. The zero-order chi connectivity index (χ0) is 36.4. The van der Waals surface area contributed by atoms with Crippen LogP contribution in [0.5, 0.6) is 11.5 Å². The van der Waals surface area contributed by atoms with Crippen LogP contribution in [0.1, 0.15) is 95.2 Å². The van der Waals surface area contributed by atoms with Crippen LogP contribution in [0.3, 0.4) is 0 Å². The number of hydrogen-bond donors (Lipinski definition) is 1. The van der Waals surface area contributed by atoms with Crippen LogP contribution in [0.25, 0.3) is 0 Å². The molecule has 0 bridgehead atoms. The van der Waals surface area contributed by atoms with E-state index in [1.807, 2.05) is 38.1 Å². The Bertz CT molecular complexity index is 1720. The monoisotopic (exact) mass is 694 g/mol. The van der Waals surface area contributed by atoms with E-state index in [-0.39, 0.29) is 42.2 Å². The molecule has 4 atom stereocenters. The standard InChI is InChI=1S/C44H54O7/c1-9-44(8,51-40-29-48-40)35-16-12-31(13-17-35)42(4,5)32-18-22-37(23-19-32)46-26-36(45)27-49-43(6,7)34-14-10-30(11-15-34)41(2,3)33-20-24-38(25-21-33)50-39-28-47-39/h10-25,36,39-40,45H,9,26-29H2,1-8H3. The molecule has 0 radical (unpaired) electrons. The summed E-state index contributed by atoms with van der Waals surface area (Å²) in [5.41, 5.74) is 5.63. The van der Waals surface area contributed by atoms with Crippen LogP contribution in [0.15, 0.2) is 97.1 Å². The molecule has 51 heavy (non-hydrogen) atoms. The normalized spacial score (nSPS) is 19.2. The third-order valence-corrected chi connectivity index (χ3v) is 10.7. The number of aliphatic hydroxyl groups is 1. The van der Waals surface area contributed by atoms with Gasteiger partial charge in [0.2, 0.25) is 6.29 Å². The Labute approximate surface area is 303 Å². The molecule has 0 spiro atoms. The second-order valence-electron chi connectivity index (χ2n) is 15.6. The van der Waals surface area contributed by atoms with Crippen LogP contribution in [0.4, 0.5) is 0 Å². The maximum Gasteiger partial charge on any atom is 0.223 e. The number of hydrogen-bond acceptors (Lipinski definition) is 7. The van der Waals surface area contributed by atoms with Gasteiger partial charge in [-0.05, 0) is 84.8 Å². The molecular formula is C44H54O7. The van der Waals surface area contributed by atoms with E-state index in [0.29, 0.717) is 19.0 Å². The molecule has 0 amide bonds. The van der Waals surface area contributed by atoms with E-state index in [2.05, 4.69) is 114 Å². The topological polar surface area (TPSA) is 82.2 Å². The Balaban J connectivity index is 0.989. The summed E-state index contributed by atoms with van der Waals surface area (Å²) in [4.78, 5) is 0. The summed E-state index contributed by atoms with van der Waals surface area (Å²) in [6.45, 7) is 18.8. The van der Waals surface area contributed by atoms with Crippen molar-refractivity contribution in [2.24, 2.45) is 0 Å². The predicted octanol–water partition coefficient (Wildman–Crippen LogP) is 8.76. The second kappa shape index (κ2) is 14.7. The lowest BCUT2D eigenvalue weighted by atomic mass is 9.77. The van der Waals surface area contributed by atoms with Crippen molar-refractivity contribution in [3.05, 3.63) is 130 Å². The molecule has 0 saturated carbocycles. The zero-order valence-corrected chi connectivity index (χ0v) is 31.4. The number of rotatable bonds is 17. The predicted molar refractivity (Wildman–Crippen MR) is 199 cm³/mol. The summed E-state index contributed by atoms with van der Waals surface area (Å²) in [5.74, 6) is 1.53. The third kappa shape index (κ3) is 8.85. The minimum absolute atomic E-state index is 0.0892. The minimum atomic E-state index is -0.778. The smallest absolute Gasteiger partial charge is 0.223 e. The van der Waals surface area contributed by atoms with Gasteiger partial charge >= 0.3 is 0 Å². The van der Waals surface area contributed by atoms with Gasteiger partial charge in [0, 0.05) is 10.8 Å². The van der Waals surface area contributed by atoms with Crippen molar-refractivity contribution in [3.63, 3.8) is 0 Å². The Kier molecular flexibility index (Phi) is 10.7. The Hall–Kier alpha value is -3.72. The summed E-state index contributed by atoms with van der Waals surface area (Å²) in [7, 11) is 0. The van der Waals surface area contributed by atoms with Crippen molar-refractivity contribution in [1.82, 2.24) is 0 Å². The molecule has 1 N–H and O–H groups in total. The number of benzene rings is 4. The van der Waals surface area contributed by atoms with E-state index < -0.39 is 11.7 Å². The average molecular weight is 695 g/mol. The molecular weight excluding hydrogens is 640 g/mol. The van der Waals surface area contributed by atoms with Crippen molar-refractivity contribution in [2.75, 3.05) is 26.4 Å². The van der Waals surface area contributed by atoms with Gasteiger partial charge in [-0.3, -0.25) is 0 Å². The first-order valence-corrected chi connectivity index (χ1v) is 18.2. The highest BCUT2D eigenvalue weighted by atomic mass is 16.8. The van der Waals surface area contributed by atoms with Crippen LogP contribution in [0.2, 0.25) is 0 Å². The van der Waals surface area contributed by atoms with Crippen LogP contribution in [-0.2, 0) is 41.0 Å². The maximum absolute atomic E-state index is 10.8. The maximum atomic E-state index is 10.8. The van der Waals surface area contributed by atoms with Gasteiger partial charge < -0.3 is 33.5 Å². The lowest BCUT2D eigenvalue weighted by molar-refractivity contribution is -0.0870. The number of aliphatic hydroxyl groups excluding tert-OH is 1. The fraction of sp³-hybridized carbons (Fsp3) is 0.455. The zero-order valence-electron chi connectivity index (χ0n) is 31.4. The summed E-state index contributed by atoms with van der Waals surface area (Å²) < 4.78 is 34.6. The second-order valence-corrected chi connectivity index (χ2v) is 15.6. The SMILES string of the molecule is CCC(C)(OC1CO1)c1ccc(C(C)(C)c2ccc(OCC(O)COC(C)(C)c3ccc(C(C)(C)c4ccc(OC5CO5)cc4)cc3)cc2)cc1. The highest BCUT2D eigenvalue weighted by molar-refractivity contribution is 5.43. The molecule has 2 heterocycles.